The van der Waals surface area contributed by atoms with Gasteiger partial charge in [-0.15, -0.1) is 0 Å². The summed E-state index contributed by atoms with van der Waals surface area (Å²) in [5.41, 5.74) is 19.9. The Bertz CT molecular complexity index is 2110. The van der Waals surface area contributed by atoms with Gasteiger partial charge in [0, 0.05) is 16.7 Å². The van der Waals surface area contributed by atoms with Crippen LogP contribution < -0.4 is 0 Å². The summed E-state index contributed by atoms with van der Waals surface area (Å²) in [6, 6.07) is 29.4. The Morgan fingerprint density at radius 2 is 1.02 bits per heavy atom. The van der Waals surface area contributed by atoms with Crippen LogP contribution in [0.3, 0.4) is 0 Å². The fraction of sp³-hybridized carbons (Fsp3) is 0.481. The number of rotatable bonds is 7. The summed E-state index contributed by atoms with van der Waals surface area (Å²) in [6.07, 6.45) is 15.7. The number of oxime groups is 1. The minimum atomic E-state index is -0.0127. The second kappa shape index (κ2) is 14.0. The molecule has 2 heteroatoms. The molecule has 9 rings (SSSR count). The SMILES string of the molecule is C=C(c1ccc2c(c1)C1(CCC3(CC1)c1cc(C)ccc1-c1ccc(/C(=N/OCCC)C4CCC(C)CC4)cc13)c1cc(C)ccc1-2)C1CCC(C)CC1. The smallest absolute Gasteiger partial charge is 0.116 e. The maximum atomic E-state index is 6.00. The summed E-state index contributed by atoms with van der Waals surface area (Å²) in [5.74, 6) is 2.72. The molecule has 2 nitrogen and oxygen atoms in total. The molecule has 4 aromatic rings. The highest BCUT2D eigenvalue weighted by Gasteiger charge is 2.53. The van der Waals surface area contributed by atoms with Gasteiger partial charge in [0.1, 0.15) is 6.61 Å². The second-order valence-electron chi connectivity index (χ2n) is 18.5. The van der Waals surface area contributed by atoms with Crippen molar-refractivity contribution in [2.45, 2.75) is 129 Å². The van der Waals surface area contributed by atoms with Crippen LogP contribution in [0.5, 0.6) is 0 Å². The first-order chi connectivity index (χ1) is 26.2. The van der Waals surface area contributed by atoms with Crippen LogP contribution in [0, 0.1) is 37.5 Å². The van der Waals surface area contributed by atoms with Crippen molar-refractivity contribution in [3.05, 3.63) is 124 Å². The number of allylic oxidation sites excluding steroid dienone is 1. The fourth-order valence-electron chi connectivity index (χ4n) is 11.7. The second-order valence-corrected chi connectivity index (χ2v) is 18.5. The third-order valence-electron chi connectivity index (χ3n) is 15.0. The largest absolute Gasteiger partial charge is 0.396 e. The Morgan fingerprint density at radius 3 is 1.52 bits per heavy atom. The molecular weight excluding hydrogens is 655 g/mol. The van der Waals surface area contributed by atoms with E-state index in [0.717, 1.165) is 43.9 Å². The van der Waals surface area contributed by atoms with Gasteiger partial charge in [0.25, 0.3) is 0 Å². The van der Waals surface area contributed by atoms with E-state index < -0.39 is 0 Å². The van der Waals surface area contributed by atoms with Gasteiger partial charge in [0.15, 0.2) is 0 Å². The summed E-state index contributed by atoms with van der Waals surface area (Å²) in [5, 5.41) is 4.94. The van der Waals surface area contributed by atoms with Gasteiger partial charge in [-0.3, -0.25) is 0 Å². The molecule has 0 N–H and O–H groups in total. The molecular formula is C52H61NO. The number of fused-ring (bicyclic) bond motifs is 10. The van der Waals surface area contributed by atoms with E-state index >= 15 is 0 Å². The average Bonchev–Trinajstić information content (AvgIpc) is 3.59. The lowest BCUT2D eigenvalue weighted by Crippen LogP contribution is -2.39. The Balaban J connectivity index is 1.12. The van der Waals surface area contributed by atoms with Crippen molar-refractivity contribution in [2.75, 3.05) is 6.61 Å². The highest BCUT2D eigenvalue weighted by molar-refractivity contribution is 6.03. The lowest BCUT2D eigenvalue weighted by atomic mass is 9.57. The van der Waals surface area contributed by atoms with Gasteiger partial charge in [-0.1, -0.05) is 130 Å². The number of aryl methyl sites for hydroxylation is 2. The van der Waals surface area contributed by atoms with Gasteiger partial charge in [-0.25, -0.2) is 0 Å². The quantitative estimate of drug-likeness (QED) is 0.106. The van der Waals surface area contributed by atoms with Crippen LogP contribution >= 0.6 is 0 Å². The van der Waals surface area contributed by atoms with Crippen LogP contribution in [0.4, 0.5) is 0 Å². The van der Waals surface area contributed by atoms with E-state index in [1.165, 1.54) is 113 Å². The molecule has 4 aromatic carbocycles. The lowest BCUT2D eigenvalue weighted by molar-refractivity contribution is 0.142. The standard InChI is InChI=1S/C52H61NO/c1-7-28-54-53-50(39-16-10-34(3)11-17-39)41-19-23-45-43-21-13-36(5)30-47(43)52(49(45)32-41)26-24-51(25-27-52)46-29-35(4)12-20-42(46)44-22-18-40(31-48(44)51)37(6)38-14-8-33(2)9-15-38/h12-13,18-23,29-34,38-39H,6-11,14-17,24-28H2,1-5H3/b53-50+. The van der Waals surface area contributed by atoms with Crippen molar-refractivity contribution in [1.29, 1.82) is 0 Å². The lowest BCUT2D eigenvalue weighted by Gasteiger charge is -2.46. The van der Waals surface area contributed by atoms with Gasteiger partial charge < -0.3 is 4.84 Å². The van der Waals surface area contributed by atoms with Crippen LogP contribution in [0.1, 0.15) is 149 Å². The monoisotopic (exact) mass is 715 g/mol. The van der Waals surface area contributed by atoms with Crippen molar-refractivity contribution >= 4 is 11.3 Å². The normalized spacial score (nSPS) is 28.4. The summed E-state index contributed by atoms with van der Waals surface area (Å²) in [7, 11) is 0. The zero-order valence-corrected chi connectivity index (χ0v) is 33.7. The highest BCUT2D eigenvalue weighted by Crippen LogP contribution is 2.64. The molecule has 0 aromatic heterocycles. The number of benzene rings is 4. The van der Waals surface area contributed by atoms with Gasteiger partial charge >= 0.3 is 0 Å². The molecule has 54 heavy (non-hydrogen) atoms. The first-order valence-electron chi connectivity index (χ1n) is 21.6. The van der Waals surface area contributed by atoms with Gasteiger partial charge in [0.05, 0.1) is 5.71 Å². The van der Waals surface area contributed by atoms with Gasteiger partial charge in [-0.2, -0.15) is 0 Å². The molecule has 0 amide bonds. The van der Waals surface area contributed by atoms with Crippen molar-refractivity contribution < 1.29 is 4.84 Å². The summed E-state index contributed by atoms with van der Waals surface area (Å²) >= 11 is 0. The molecule has 3 fully saturated rings. The van der Waals surface area contributed by atoms with Crippen molar-refractivity contribution in [3.63, 3.8) is 0 Å². The van der Waals surface area contributed by atoms with E-state index in [1.54, 1.807) is 16.7 Å². The molecule has 280 valence electrons. The molecule has 0 atom stereocenters. The number of hydrogen-bond donors (Lipinski definition) is 0. The third-order valence-corrected chi connectivity index (χ3v) is 15.0. The third kappa shape index (κ3) is 5.84. The minimum absolute atomic E-state index is 0.0127. The first-order valence-corrected chi connectivity index (χ1v) is 21.6. The van der Waals surface area contributed by atoms with E-state index in [0.29, 0.717) is 18.4 Å². The van der Waals surface area contributed by atoms with Crippen molar-refractivity contribution in [3.8, 4) is 22.3 Å². The van der Waals surface area contributed by atoms with E-state index in [9.17, 15) is 0 Å². The Morgan fingerprint density at radius 1 is 0.593 bits per heavy atom. The van der Waals surface area contributed by atoms with Crippen LogP contribution in [0.2, 0.25) is 0 Å². The van der Waals surface area contributed by atoms with E-state index in [2.05, 4.69) is 107 Å². The zero-order chi connectivity index (χ0) is 37.2. The number of hydrogen-bond acceptors (Lipinski definition) is 2. The molecule has 0 bridgehead atoms. The van der Waals surface area contributed by atoms with Crippen molar-refractivity contribution in [2.24, 2.45) is 28.8 Å². The average molecular weight is 716 g/mol. The van der Waals surface area contributed by atoms with E-state index in [-0.39, 0.29) is 10.8 Å². The zero-order valence-electron chi connectivity index (χ0n) is 33.7. The Hall–Kier alpha value is -3.91. The van der Waals surface area contributed by atoms with Crippen molar-refractivity contribution in [1.82, 2.24) is 0 Å². The van der Waals surface area contributed by atoms with Crippen LogP contribution in [0.25, 0.3) is 27.8 Å². The summed E-state index contributed by atoms with van der Waals surface area (Å²) < 4.78 is 0. The first kappa shape index (κ1) is 35.8. The van der Waals surface area contributed by atoms with Gasteiger partial charge in [0.2, 0.25) is 0 Å². The molecule has 0 aliphatic heterocycles. The maximum Gasteiger partial charge on any atom is 0.116 e. The molecule has 5 aliphatic rings. The summed E-state index contributed by atoms with van der Waals surface area (Å²) in [4.78, 5) is 6.00. The van der Waals surface area contributed by atoms with E-state index in [1.807, 2.05) is 0 Å². The molecule has 0 saturated heterocycles. The topological polar surface area (TPSA) is 21.6 Å². The Kier molecular flexibility index (Phi) is 9.27. The number of nitrogens with zero attached hydrogens (tertiary/aromatic N) is 1. The van der Waals surface area contributed by atoms with Crippen LogP contribution in [0.15, 0.2) is 84.5 Å². The summed E-state index contributed by atoms with van der Waals surface area (Å²) in [6.45, 7) is 17.0. The van der Waals surface area contributed by atoms with Gasteiger partial charge in [-0.05, 0) is 163 Å². The highest BCUT2D eigenvalue weighted by atomic mass is 16.6. The molecule has 0 heterocycles. The molecule has 5 aliphatic carbocycles. The van der Waals surface area contributed by atoms with Crippen LogP contribution in [-0.2, 0) is 15.7 Å². The van der Waals surface area contributed by atoms with E-state index in [4.69, 9.17) is 16.6 Å². The Labute approximate surface area is 325 Å². The minimum Gasteiger partial charge on any atom is -0.396 e. The molecule has 0 unspecified atom stereocenters. The molecule has 2 spiro atoms. The fourth-order valence-corrected chi connectivity index (χ4v) is 11.7. The molecule has 0 radical (unpaired) electrons. The maximum absolute atomic E-state index is 6.00. The molecule has 3 saturated carbocycles. The predicted molar refractivity (Wildman–Crippen MR) is 227 cm³/mol. The van der Waals surface area contributed by atoms with Crippen LogP contribution in [-0.4, -0.2) is 12.3 Å². The predicted octanol–water partition coefficient (Wildman–Crippen LogP) is 13.9.